The van der Waals surface area contributed by atoms with Crippen molar-refractivity contribution in [2.45, 2.75) is 24.9 Å². The maximum Gasteiger partial charge on any atom is 0.149 e. The van der Waals surface area contributed by atoms with Gasteiger partial charge in [0.25, 0.3) is 0 Å². The number of para-hydroxylation sites is 1. The highest BCUT2D eigenvalue weighted by molar-refractivity contribution is 5.47. The summed E-state index contributed by atoms with van der Waals surface area (Å²) in [5, 5.41) is 2.82. The predicted octanol–water partition coefficient (Wildman–Crippen LogP) is 1.87. The topological polar surface area (TPSA) is 38.0 Å². The average Bonchev–Trinajstić information content (AvgIpc) is 2.08. The van der Waals surface area contributed by atoms with Crippen molar-refractivity contribution in [1.29, 1.82) is 0 Å². The molecule has 4 heteroatoms. The predicted molar refractivity (Wildman–Crippen MR) is 51.0 cm³/mol. The Kier molecular flexibility index (Phi) is 2.37. The number of hydrogen-bond acceptors (Lipinski definition) is 2. The highest BCUT2D eigenvalue weighted by Crippen LogP contribution is 2.25. The molecule has 2 nitrogen and oxygen atoms in total. The SMILES string of the molecule is NC1CC(Nc2c(F)cccc2F)C1. The van der Waals surface area contributed by atoms with Gasteiger partial charge in [0.15, 0.2) is 0 Å². The molecular weight excluding hydrogens is 186 g/mol. The van der Waals surface area contributed by atoms with E-state index in [-0.39, 0.29) is 17.8 Å². The molecule has 0 radical (unpaired) electrons. The van der Waals surface area contributed by atoms with E-state index in [0.717, 1.165) is 12.8 Å². The van der Waals surface area contributed by atoms with E-state index >= 15 is 0 Å². The normalized spacial score (nSPS) is 25.6. The lowest BCUT2D eigenvalue weighted by Gasteiger charge is -2.33. The Balaban J connectivity index is 2.09. The maximum absolute atomic E-state index is 13.1. The lowest BCUT2D eigenvalue weighted by Crippen LogP contribution is -2.44. The van der Waals surface area contributed by atoms with Crippen LogP contribution >= 0.6 is 0 Å². The highest BCUT2D eigenvalue weighted by atomic mass is 19.1. The molecule has 0 unspecified atom stereocenters. The standard InChI is InChI=1S/C10H12F2N2/c11-8-2-1-3-9(12)10(8)14-7-4-6(13)5-7/h1-3,6-7,14H,4-5,13H2. The smallest absolute Gasteiger partial charge is 0.149 e. The minimum Gasteiger partial charge on any atom is -0.377 e. The molecule has 1 fully saturated rings. The fourth-order valence-electron chi connectivity index (χ4n) is 1.62. The third-order valence-electron chi connectivity index (χ3n) is 2.49. The van der Waals surface area contributed by atoms with E-state index in [0.29, 0.717) is 0 Å². The second kappa shape index (κ2) is 3.53. The molecule has 0 aliphatic heterocycles. The Bertz CT molecular complexity index is 315. The van der Waals surface area contributed by atoms with Crippen LogP contribution in [-0.2, 0) is 0 Å². The molecule has 1 aromatic carbocycles. The maximum atomic E-state index is 13.1. The van der Waals surface area contributed by atoms with Crippen molar-refractivity contribution < 1.29 is 8.78 Å². The van der Waals surface area contributed by atoms with E-state index in [9.17, 15) is 8.78 Å². The van der Waals surface area contributed by atoms with Gasteiger partial charge in [0.1, 0.15) is 17.3 Å². The van der Waals surface area contributed by atoms with Crippen LogP contribution in [0.3, 0.4) is 0 Å². The van der Waals surface area contributed by atoms with Crippen molar-refractivity contribution in [2.75, 3.05) is 5.32 Å². The van der Waals surface area contributed by atoms with Crippen LogP contribution in [0, 0.1) is 11.6 Å². The van der Waals surface area contributed by atoms with Gasteiger partial charge in [-0.2, -0.15) is 0 Å². The van der Waals surface area contributed by atoms with Crippen LogP contribution in [0.1, 0.15) is 12.8 Å². The molecule has 76 valence electrons. The Labute approximate surface area is 81.1 Å². The van der Waals surface area contributed by atoms with Gasteiger partial charge >= 0.3 is 0 Å². The van der Waals surface area contributed by atoms with Crippen molar-refractivity contribution in [2.24, 2.45) is 5.73 Å². The summed E-state index contributed by atoms with van der Waals surface area (Å²) in [6, 6.07) is 4.11. The third kappa shape index (κ3) is 1.70. The largest absolute Gasteiger partial charge is 0.377 e. The third-order valence-corrected chi connectivity index (χ3v) is 2.49. The summed E-state index contributed by atoms with van der Waals surface area (Å²) in [5.41, 5.74) is 5.53. The molecule has 1 saturated carbocycles. The van der Waals surface area contributed by atoms with Gasteiger partial charge in [-0.25, -0.2) is 8.78 Å². The first kappa shape index (κ1) is 9.40. The van der Waals surface area contributed by atoms with Gasteiger partial charge in [-0.1, -0.05) is 6.07 Å². The summed E-state index contributed by atoms with van der Waals surface area (Å²) in [7, 11) is 0. The van der Waals surface area contributed by atoms with Gasteiger partial charge < -0.3 is 11.1 Å². The Morgan fingerprint density at radius 3 is 2.29 bits per heavy atom. The molecule has 1 aromatic rings. The van der Waals surface area contributed by atoms with E-state index in [2.05, 4.69) is 5.32 Å². The van der Waals surface area contributed by atoms with Gasteiger partial charge in [-0.3, -0.25) is 0 Å². The van der Waals surface area contributed by atoms with E-state index in [1.165, 1.54) is 18.2 Å². The Morgan fingerprint density at radius 2 is 1.79 bits per heavy atom. The fraction of sp³-hybridized carbons (Fsp3) is 0.400. The molecule has 0 amide bonds. The number of anilines is 1. The molecule has 0 saturated heterocycles. The minimum atomic E-state index is -0.550. The zero-order valence-corrected chi connectivity index (χ0v) is 7.63. The molecule has 14 heavy (non-hydrogen) atoms. The van der Waals surface area contributed by atoms with Crippen molar-refractivity contribution in [3.05, 3.63) is 29.8 Å². The van der Waals surface area contributed by atoms with E-state index in [1.807, 2.05) is 0 Å². The molecule has 0 aromatic heterocycles. The summed E-state index contributed by atoms with van der Waals surface area (Å²) >= 11 is 0. The number of halogens is 2. The van der Waals surface area contributed by atoms with Crippen LogP contribution in [0.2, 0.25) is 0 Å². The second-order valence-corrected chi connectivity index (χ2v) is 3.67. The fourth-order valence-corrected chi connectivity index (χ4v) is 1.62. The first-order valence-corrected chi connectivity index (χ1v) is 4.63. The summed E-state index contributed by atoms with van der Waals surface area (Å²) in [6.45, 7) is 0. The Hall–Kier alpha value is -1.16. The first-order valence-electron chi connectivity index (χ1n) is 4.63. The lowest BCUT2D eigenvalue weighted by molar-refractivity contribution is 0.371. The first-order chi connectivity index (χ1) is 6.66. The van der Waals surface area contributed by atoms with Crippen molar-refractivity contribution in [1.82, 2.24) is 0 Å². The van der Waals surface area contributed by atoms with E-state index in [4.69, 9.17) is 5.73 Å². The van der Waals surface area contributed by atoms with Crippen LogP contribution < -0.4 is 11.1 Å². The summed E-state index contributed by atoms with van der Waals surface area (Å²) in [6.07, 6.45) is 1.54. The molecule has 0 atom stereocenters. The summed E-state index contributed by atoms with van der Waals surface area (Å²) in [5.74, 6) is -1.10. The van der Waals surface area contributed by atoms with Gasteiger partial charge in [-0.05, 0) is 25.0 Å². The molecule has 0 spiro atoms. The molecular formula is C10H12F2N2. The lowest BCUT2D eigenvalue weighted by atomic mass is 9.87. The van der Waals surface area contributed by atoms with Gasteiger partial charge in [0.2, 0.25) is 0 Å². The average molecular weight is 198 g/mol. The van der Waals surface area contributed by atoms with E-state index in [1.54, 1.807) is 0 Å². The molecule has 1 aliphatic rings. The van der Waals surface area contributed by atoms with Gasteiger partial charge in [0.05, 0.1) is 0 Å². The molecule has 3 N–H and O–H groups in total. The van der Waals surface area contributed by atoms with Crippen molar-refractivity contribution >= 4 is 5.69 Å². The van der Waals surface area contributed by atoms with E-state index < -0.39 is 11.6 Å². The van der Waals surface area contributed by atoms with Crippen LogP contribution in [0.15, 0.2) is 18.2 Å². The molecule has 2 rings (SSSR count). The van der Waals surface area contributed by atoms with Crippen LogP contribution in [0.25, 0.3) is 0 Å². The number of nitrogens with one attached hydrogen (secondary N) is 1. The minimum absolute atomic E-state index is 0.0376. The number of nitrogens with two attached hydrogens (primary N) is 1. The van der Waals surface area contributed by atoms with Gasteiger partial charge in [-0.15, -0.1) is 0 Å². The van der Waals surface area contributed by atoms with Crippen LogP contribution in [0.4, 0.5) is 14.5 Å². The number of hydrogen-bond donors (Lipinski definition) is 2. The van der Waals surface area contributed by atoms with Gasteiger partial charge in [0, 0.05) is 12.1 Å². The van der Waals surface area contributed by atoms with Crippen LogP contribution in [0.5, 0.6) is 0 Å². The Morgan fingerprint density at radius 1 is 1.21 bits per heavy atom. The van der Waals surface area contributed by atoms with Crippen molar-refractivity contribution in [3.8, 4) is 0 Å². The summed E-state index contributed by atoms with van der Waals surface area (Å²) < 4.78 is 26.3. The zero-order valence-electron chi connectivity index (χ0n) is 7.63. The monoisotopic (exact) mass is 198 g/mol. The highest BCUT2D eigenvalue weighted by Gasteiger charge is 2.27. The summed E-state index contributed by atoms with van der Waals surface area (Å²) in [4.78, 5) is 0. The zero-order chi connectivity index (χ0) is 10.1. The number of benzene rings is 1. The molecule has 0 heterocycles. The molecule has 0 bridgehead atoms. The second-order valence-electron chi connectivity index (χ2n) is 3.67. The van der Waals surface area contributed by atoms with Crippen molar-refractivity contribution in [3.63, 3.8) is 0 Å². The molecule has 1 aliphatic carbocycles. The quantitative estimate of drug-likeness (QED) is 0.761. The number of rotatable bonds is 2. The van der Waals surface area contributed by atoms with Crippen LogP contribution in [-0.4, -0.2) is 12.1 Å².